The zero-order valence-corrected chi connectivity index (χ0v) is 12.0. The first kappa shape index (κ1) is 13.9. The van der Waals surface area contributed by atoms with Crippen LogP contribution >= 0.6 is 0 Å². The lowest BCUT2D eigenvalue weighted by atomic mass is 10.2. The summed E-state index contributed by atoms with van der Waals surface area (Å²) >= 11 is 0. The predicted molar refractivity (Wildman–Crippen MR) is 82.9 cm³/mol. The maximum atomic E-state index is 11.9. The second kappa shape index (κ2) is 5.72. The van der Waals surface area contributed by atoms with Crippen LogP contribution in [-0.4, -0.2) is 27.1 Å². The summed E-state index contributed by atoms with van der Waals surface area (Å²) in [7, 11) is 0. The zero-order chi connectivity index (χ0) is 15.5. The van der Waals surface area contributed by atoms with E-state index in [0.29, 0.717) is 18.2 Å². The van der Waals surface area contributed by atoms with Crippen LogP contribution in [0.4, 0.5) is 10.7 Å². The molecular weight excluding hydrogens is 282 g/mol. The van der Waals surface area contributed by atoms with Crippen molar-refractivity contribution in [2.24, 2.45) is 0 Å². The minimum atomic E-state index is -0.158. The fraction of sp³-hybridized carbons (Fsp3) is 0.133. The van der Waals surface area contributed by atoms with Crippen molar-refractivity contribution in [1.29, 1.82) is 0 Å². The molecule has 3 rings (SSSR count). The number of nitrogens with zero attached hydrogens (tertiary/aromatic N) is 3. The van der Waals surface area contributed by atoms with Gasteiger partial charge in [-0.05, 0) is 31.2 Å². The largest absolute Gasteiger partial charge is 0.439 e. The third-order valence-corrected chi connectivity index (χ3v) is 3.08. The molecule has 7 nitrogen and oxygen atoms in total. The Morgan fingerprint density at radius 3 is 3.00 bits per heavy atom. The summed E-state index contributed by atoms with van der Waals surface area (Å²) in [5.74, 6) is 1.13. The van der Waals surface area contributed by atoms with E-state index in [-0.39, 0.29) is 12.0 Å². The number of anilines is 1. The van der Waals surface area contributed by atoms with Gasteiger partial charge in [0.05, 0.1) is 5.52 Å². The van der Waals surface area contributed by atoms with Crippen molar-refractivity contribution in [2.75, 3.05) is 12.3 Å². The Morgan fingerprint density at radius 2 is 2.23 bits per heavy atom. The van der Waals surface area contributed by atoms with E-state index in [2.05, 4.69) is 15.3 Å². The monoisotopic (exact) mass is 297 g/mol. The van der Waals surface area contributed by atoms with E-state index in [1.165, 1.54) is 6.20 Å². The smallest absolute Gasteiger partial charge is 0.326 e. The van der Waals surface area contributed by atoms with Crippen molar-refractivity contribution >= 4 is 22.9 Å². The summed E-state index contributed by atoms with van der Waals surface area (Å²) in [6, 6.07) is 8.76. The molecule has 0 fully saturated rings. The Balaban J connectivity index is 1.89. The molecule has 0 aliphatic carbocycles. The molecule has 2 heterocycles. The quantitative estimate of drug-likeness (QED) is 0.774. The highest BCUT2D eigenvalue weighted by atomic mass is 16.5. The normalized spacial score (nSPS) is 10.6. The highest BCUT2D eigenvalue weighted by Gasteiger charge is 2.09. The maximum absolute atomic E-state index is 11.9. The highest BCUT2D eigenvalue weighted by Crippen LogP contribution is 2.25. The van der Waals surface area contributed by atoms with E-state index in [1.807, 2.05) is 25.1 Å². The molecule has 0 spiro atoms. The molecule has 0 saturated carbocycles. The lowest BCUT2D eigenvalue weighted by Crippen LogP contribution is -2.27. The number of hydrogen-bond acceptors (Lipinski definition) is 5. The molecule has 0 bridgehead atoms. The molecule has 0 aliphatic heterocycles. The molecule has 1 aromatic carbocycles. The number of ether oxygens (including phenoxy) is 1. The SMILES string of the molecule is CCNC(=O)n1ccc2cc(Oc3ccnc(N)n3)ccc21. The van der Waals surface area contributed by atoms with Crippen molar-refractivity contribution < 1.29 is 9.53 Å². The summed E-state index contributed by atoms with van der Waals surface area (Å²) < 4.78 is 7.20. The summed E-state index contributed by atoms with van der Waals surface area (Å²) in [5, 5.41) is 3.66. The molecular formula is C15H15N5O2. The van der Waals surface area contributed by atoms with Crippen LogP contribution in [0.1, 0.15) is 6.92 Å². The second-order valence-corrected chi connectivity index (χ2v) is 4.60. The van der Waals surface area contributed by atoms with E-state index >= 15 is 0 Å². The number of nitrogen functional groups attached to an aromatic ring is 1. The van der Waals surface area contributed by atoms with Crippen LogP contribution in [0.2, 0.25) is 0 Å². The first-order chi connectivity index (χ1) is 10.7. The second-order valence-electron chi connectivity index (χ2n) is 4.60. The van der Waals surface area contributed by atoms with Gasteiger partial charge in [0.25, 0.3) is 0 Å². The van der Waals surface area contributed by atoms with Crippen LogP contribution in [0, 0.1) is 0 Å². The van der Waals surface area contributed by atoms with E-state index < -0.39 is 0 Å². The van der Waals surface area contributed by atoms with Crippen LogP contribution in [0.15, 0.2) is 42.7 Å². The molecule has 2 aromatic heterocycles. The fourth-order valence-electron chi connectivity index (χ4n) is 2.13. The van der Waals surface area contributed by atoms with Crippen molar-refractivity contribution in [1.82, 2.24) is 19.9 Å². The summed E-state index contributed by atoms with van der Waals surface area (Å²) in [6.07, 6.45) is 3.25. The number of amides is 1. The lowest BCUT2D eigenvalue weighted by molar-refractivity contribution is 0.244. The number of carbonyl (C=O) groups is 1. The van der Waals surface area contributed by atoms with Gasteiger partial charge >= 0.3 is 6.03 Å². The minimum Gasteiger partial charge on any atom is -0.439 e. The Hall–Kier alpha value is -3.09. The Morgan fingerprint density at radius 1 is 1.36 bits per heavy atom. The van der Waals surface area contributed by atoms with Gasteiger partial charge in [-0.1, -0.05) is 0 Å². The van der Waals surface area contributed by atoms with Crippen molar-refractivity contribution in [2.45, 2.75) is 6.92 Å². The van der Waals surface area contributed by atoms with Gasteiger partial charge in [0.2, 0.25) is 11.8 Å². The first-order valence-corrected chi connectivity index (χ1v) is 6.83. The Kier molecular flexibility index (Phi) is 3.61. The summed E-state index contributed by atoms with van der Waals surface area (Å²) in [6.45, 7) is 2.46. The Bertz CT molecular complexity index is 828. The third-order valence-electron chi connectivity index (χ3n) is 3.08. The van der Waals surface area contributed by atoms with E-state index in [0.717, 1.165) is 10.9 Å². The number of benzene rings is 1. The van der Waals surface area contributed by atoms with Gasteiger partial charge in [0.15, 0.2) is 0 Å². The number of carbonyl (C=O) groups excluding carboxylic acids is 1. The molecule has 0 unspecified atom stereocenters. The van der Waals surface area contributed by atoms with Gasteiger partial charge in [0, 0.05) is 30.4 Å². The van der Waals surface area contributed by atoms with Crippen LogP contribution in [0.5, 0.6) is 11.6 Å². The number of hydrogen-bond donors (Lipinski definition) is 2. The van der Waals surface area contributed by atoms with E-state index in [1.54, 1.807) is 22.9 Å². The molecule has 22 heavy (non-hydrogen) atoms. The van der Waals surface area contributed by atoms with Gasteiger partial charge in [-0.25, -0.2) is 9.78 Å². The molecule has 3 aromatic rings. The molecule has 0 radical (unpaired) electrons. The molecule has 3 N–H and O–H groups in total. The Labute approximate surface area is 126 Å². The van der Waals surface area contributed by atoms with Gasteiger partial charge < -0.3 is 15.8 Å². The average Bonchev–Trinajstić information content (AvgIpc) is 2.90. The maximum Gasteiger partial charge on any atom is 0.326 e. The zero-order valence-electron chi connectivity index (χ0n) is 12.0. The average molecular weight is 297 g/mol. The van der Waals surface area contributed by atoms with Crippen LogP contribution in [-0.2, 0) is 0 Å². The van der Waals surface area contributed by atoms with Gasteiger partial charge in [-0.3, -0.25) is 4.57 Å². The van der Waals surface area contributed by atoms with Gasteiger partial charge in [-0.15, -0.1) is 0 Å². The number of aromatic nitrogens is 3. The van der Waals surface area contributed by atoms with Crippen LogP contribution in [0.3, 0.4) is 0 Å². The number of nitrogens with one attached hydrogen (secondary N) is 1. The number of rotatable bonds is 3. The molecule has 0 atom stereocenters. The predicted octanol–water partition coefficient (Wildman–Crippen LogP) is 2.38. The van der Waals surface area contributed by atoms with Crippen LogP contribution < -0.4 is 15.8 Å². The van der Waals surface area contributed by atoms with Crippen molar-refractivity contribution in [3.05, 3.63) is 42.7 Å². The number of nitrogens with two attached hydrogens (primary N) is 1. The summed E-state index contributed by atoms with van der Waals surface area (Å²) in [5.41, 5.74) is 6.32. The van der Waals surface area contributed by atoms with Gasteiger partial charge in [-0.2, -0.15) is 4.98 Å². The lowest BCUT2D eigenvalue weighted by Gasteiger charge is -2.07. The molecule has 1 amide bonds. The molecule has 112 valence electrons. The minimum absolute atomic E-state index is 0.154. The van der Waals surface area contributed by atoms with Crippen LogP contribution in [0.25, 0.3) is 10.9 Å². The van der Waals surface area contributed by atoms with Crippen molar-refractivity contribution in [3.8, 4) is 11.6 Å². The first-order valence-electron chi connectivity index (χ1n) is 6.83. The molecule has 7 heteroatoms. The fourth-order valence-corrected chi connectivity index (χ4v) is 2.13. The molecule has 0 aliphatic rings. The van der Waals surface area contributed by atoms with Crippen molar-refractivity contribution in [3.63, 3.8) is 0 Å². The topological polar surface area (TPSA) is 95.1 Å². The van der Waals surface area contributed by atoms with Gasteiger partial charge in [0.1, 0.15) is 5.75 Å². The highest BCUT2D eigenvalue weighted by molar-refractivity contribution is 5.92. The third kappa shape index (κ3) is 2.69. The standard InChI is InChI=1S/C15H15N5O2/c1-2-17-15(21)20-8-6-10-9-11(3-4-12(10)20)22-13-5-7-18-14(16)19-13/h3-9H,2H2,1H3,(H,17,21)(H2,16,18,19). The van der Waals surface area contributed by atoms with E-state index in [4.69, 9.17) is 10.5 Å². The summed E-state index contributed by atoms with van der Waals surface area (Å²) in [4.78, 5) is 19.7. The molecule has 0 saturated heterocycles. The number of fused-ring (bicyclic) bond motifs is 1. The van der Waals surface area contributed by atoms with E-state index in [9.17, 15) is 4.79 Å².